The summed E-state index contributed by atoms with van der Waals surface area (Å²) in [4.78, 5) is 36.6. The molecule has 0 spiro atoms. The van der Waals surface area contributed by atoms with Crippen molar-refractivity contribution in [2.45, 2.75) is 19.4 Å². The highest BCUT2D eigenvalue weighted by atomic mass is 16.4. The number of nitrogens with one attached hydrogen (secondary N) is 1. The maximum Gasteiger partial charge on any atom is 0.404 e. The number of nitrogens with zero attached hydrogens (tertiary/aromatic N) is 1. The van der Waals surface area contributed by atoms with Crippen LogP contribution in [0.1, 0.15) is 34.1 Å². The summed E-state index contributed by atoms with van der Waals surface area (Å²) in [5.74, 6) is -0.898. The van der Waals surface area contributed by atoms with Crippen molar-refractivity contribution >= 4 is 17.9 Å². The third kappa shape index (κ3) is 3.00. The Morgan fingerprint density at radius 2 is 1.86 bits per heavy atom. The van der Waals surface area contributed by atoms with Gasteiger partial charge in [0.05, 0.1) is 11.1 Å². The van der Waals surface area contributed by atoms with E-state index in [9.17, 15) is 14.4 Å². The van der Waals surface area contributed by atoms with E-state index in [-0.39, 0.29) is 24.3 Å². The Bertz CT molecular complexity index is 591. The maximum absolute atomic E-state index is 12.3. The van der Waals surface area contributed by atoms with Gasteiger partial charge in [0, 0.05) is 18.5 Å². The van der Waals surface area contributed by atoms with Crippen LogP contribution in [0.15, 0.2) is 36.9 Å². The van der Waals surface area contributed by atoms with E-state index in [0.29, 0.717) is 17.5 Å². The van der Waals surface area contributed by atoms with Gasteiger partial charge in [0.15, 0.2) is 0 Å². The van der Waals surface area contributed by atoms with Crippen LogP contribution in [0.5, 0.6) is 0 Å². The molecule has 1 aliphatic rings. The van der Waals surface area contributed by atoms with Crippen LogP contribution in [-0.2, 0) is 0 Å². The van der Waals surface area contributed by atoms with Gasteiger partial charge in [0.1, 0.15) is 0 Å². The lowest BCUT2D eigenvalue weighted by Crippen LogP contribution is -2.44. The molecule has 6 nitrogen and oxygen atoms in total. The molecule has 0 radical (unpaired) electrons. The first-order valence-electron chi connectivity index (χ1n) is 7.01. The zero-order chi connectivity index (χ0) is 16.3. The summed E-state index contributed by atoms with van der Waals surface area (Å²) in [5, 5.41) is 11.2. The Balaban J connectivity index is 2.18. The zero-order valence-corrected chi connectivity index (χ0v) is 12.3. The minimum absolute atomic E-state index is 0.153. The smallest absolute Gasteiger partial charge is 0.404 e. The maximum atomic E-state index is 12.3. The Morgan fingerprint density at radius 1 is 1.32 bits per heavy atom. The molecule has 0 unspecified atom stereocenters. The zero-order valence-electron chi connectivity index (χ0n) is 12.3. The molecule has 2 N–H and O–H groups in total. The van der Waals surface area contributed by atoms with Crippen molar-refractivity contribution in [1.82, 2.24) is 10.2 Å². The number of benzene rings is 1. The Labute approximate surface area is 128 Å². The SMILES string of the molecule is C=CC[C@@H](CN1C(=O)c2ccccc2C1=O)[C@@H](C)NC(=O)O. The second kappa shape index (κ2) is 6.43. The van der Waals surface area contributed by atoms with Crippen molar-refractivity contribution in [2.24, 2.45) is 5.92 Å². The molecule has 0 saturated heterocycles. The number of amides is 3. The molecule has 0 aromatic heterocycles. The van der Waals surface area contributed by atoms with Gasteiger partial charge in [-0.3, -0.25) is 14.5 Å². The normalized spacial score (nSPS) is 16.1. The minimum atomic E-state index is -1.14. The molecule has 1 aliphatic heterocycles. The van der Waals surface area contributed by atoms with Gasteiger partial charge in [0.2, 0.25) is 0 Å². The lowest BCUT2D eigenvalue weighted by Gasteiger charge is -2.26. The molecule has 1 aromatic carbocycles. The second-order valence-corrected chi connectivity index (χ2v) is 5.29. The number of allylic oxidation sites excluding steroid dienone is 1. The molecular weight excluding hydrogens is 284 g/mol. The predicted octanol–water partition coefficient (Wildman–Crippen LogP) is 2.13. The monoisotopic (exact) mass is 302 g/mol. The first-order valence-corrected chi connectivity index (χ1v) is 7.01. The minimum Gasteiger partial charge on any atom is -0.465 e. The van der Waals surface area contributed by atoms with E-state index in [1.54, 1.807) is 37.3 Å². The van der Waals surface area contributed by atoms with E-state index in [1.165, 1.54) is 4.90 Å². The van der Waals surface area contributed by atoms with E-state index in [1.807, 2.05) is 0 Å². The van der Waals surface area contributed by atoms with Crippen LogP contribution in [0.3, 0.4) is 0 Å². The largest absolute Gasteiger partial charge is 0.465 e. The van der Waals surface area contributed by atoms with Gasteiger partial charge in [-0.25, -0.2) is 4.79 Å². The van der Waals surface area contributed by atoms with Crippen LogP contribution < -0.4 is 5.32 Å². The fourth-order valence-corrected chi connectivity index (χ4v) is 2.60. The molecule has 0 saturated carbocycles. The fourth-order valence-electron chi connectivity index (χ4n) is 2.60. The van der Waals surface area contributed by atoms with Crippen LogP contribution in [0.25, 0.3) is 0 Å². The Morgan fingerprint density at radius 3 is 2.32 bits per heavy atom. The van der Waals surface area contributed by atoms with Crippen LogP contribution in [0.2, 0.25) is 0 Å². The van der Waals surface area contributed by atoms with Crippen molar-refractivity contribution in [1.29, 1.82) is 0 Å². The number of carbonyl (C=O) groups excluding carboxylic acids is 2. The topological polar surface area (TPSA) is 86.7 Å². The molecule has 1 heterocycles. The average molecular weight is 302 g/mol. The van der Waals surface area contributed by atoms with E-state index in [0.717, 1.165) is 0 Å². The highest BCUT2D eigenvalue weighted by Gasteiger charge is 2.37. The molecule has 3 amide bonds. The van der Waals surface area contributed by atoms with Crippen molar-refractivity contribution < 1.29 is 19.5 Å². The Hall–Kier alpha value is -2.63. The van der Waals surface area contributed by atoms with Gasteiger partial charge >= 0.3 is 6.09 Å². The van der Waals surface area contributed by atoms with E-state index < -0.39 is 12.1 Å². The second-order valence-electron chi connectivity index (χ2n) is 5.29. The van der Waals surface area contributed by atoms with Gasteiger partial charge in [-0.05, 0) is 25.5 Å². The van der Waals surface area contributed by atoms with Crippen LogP contribution >= 0.6 is 0 Å². The number of hydrogen-bond donors (Lipinski definition) is 2. The summed E-state index contributed by atoms with van der Waals surface area (Å²) in [6.45, 7) is 5.51. The molecule has 0 aliphatic carbocycles. The molecule has 2 rings (SSSR count). The number of fused-ring (bicyclic) bond motifs is 1. The summed E-state index contributed by atoms with van der Waals surface area (Å²) in [7, 11) is 0. The van der Waals surface area contributed by atoms with Crippen LogP contribution in [0, 0.1) is 5.92 Å². The standard InChI is InChI=1S/C16H18N2O4/c1-3-6-11(10(2)17-16(21)22)9-18-14(19)12-7-4-5-8-13(12)15(18)20/h3-5,7-8,10-11,17H,1,6,9H2,2H3,(H,21,22)/t10-,11+/m1/s1. The fraction of sp³-hybridized carbons (Fsp3) is 0.312. The Kier molecular flexibility index (Phi) is 4.60. The molecule has 1 aromatic rings. The van der Waals surface area contributed by atoms with Crippen LogP contribution in [-0.4, -0.2) is 40.5 Å². The molecule has 0 fully saturated rings. The number of rotatable bonds is 6. The molecule has 22 heavy (non-hydrogen) atoms. The highest BCUT2D eigenvalue weighted by Crippen LogP contribution is 2.25. The summed E-state index contributed by atoms with van der Waals surface area (Å²) in [6.07, 6.45) is 1.02. The highest BCUT2D eigenvalue weighted by molar-refractivity contribution is 6.21. The van der Waals surface area contributed by atoms with Crippen molar-refractivity contribution in [3.05, 3.63) is 48.0 Å². The van der Waals surface area contributed by atoms with E-state index >= 15 is 0 Å². The molecule has 6 heteroatoms. The van der Waals surface area contributed by atoms with E-state index in [2.05, 4.69) is 11.9 Å². The van der Waals surface area contributed by atoms with Crippen molar-refractivity contribution in [3.63, 3.8) is 0 Å². The summed E-state index contributed by atoms with van der Waals surface area (Å²) in [5.41, 5.74) is 0.785. The molecule has 0 bridgehead atoms. The van der Waals surface area contributed by atoms with E-state index in [4.69, 9.17) is 5.11 Å². The molecular formula is C16H18N2O4. The predicted molar refractivity (Wildman–Crippen MR) is 80.7 cm³/mol. The third-order valence-corrected chi connectivity index (χ3v) is 3.82. The number of carboxylic acid groups (broad SMARTS) is 1. The van der Waals surface area contributed by atoms with Crippen LogP contribution in [0.4, 0.5) is 4.79 Å². The lowest BCUT2D eigenvalue weighted by atomic mass is 9.96. The van der Waals surface area contributed by atoms with Gasteiger partial charge in [-0.1, -0.05) is 18.2 Å². The van der Waals surface area contributed by atoms with Crippen molar-refractivity contribution in [3.8, 4) is 0 Å². The number of hydrogen-bond acceptors (Lipinski definition) is 3. The van der Waals surface area contributed by atoms with Gasteiger partial charge < -0.3 is 10.4 Å². The van der Waals surface area contributed by atoms with Gasteiger partial charge in [-0.15, -0.1) is 6.58 Å². The number of imide groups is 1. The van der Waals surface area contributed by atoms with Gasteiger partial charge in [-0.2, -0.15) is 0 Å². The lowest BCUT2D eigenvalue weighted by molar-refractivity contribution is 0.0620. The van der Waals surface area contributed by atoms with Crippen molar-refractivity contribution in [2.75, 3.05) is 6.54 Å². The average Bonchev–Trinajstić information content (AvgIpc) is 2.71. The first-order chi connectivity index (χ1) is 10.5. The first kappa shape index (κ1) is 15.8. The number of carbonyl (C=O) groups is 3. The summed E-state index contributed by atoms with van der Waals surface area (Å²) < 4.78 is 0. The van der Waals surface area contributed by atoms with Gasteiger partial charge in [0.25, 0.3) is 11.8 Å². The summed E-state index contributed by atoms with van der Waals surface area (Å²) in [6, 6.07) is 6.26. The molecule has 116 valence electrons. The third-order valence-electron chi connectivity index (χ3n) is 3.82. The quantitative estimate of drug-likeness (QED) is 0.622. The summed E-state index contributed by atoms with van der Waals surface area (Å²) >= 11 is 0. The molecule has 2 atom stereocenters.